The lowest BCUT2D eigenvalue weighted by Gasteiger charge is -2.47. The summed E-state index contributed by atoms with van der Waals surface area (Å²) in [5.41, 5.74) is 4.29. The van der Waals surface area contributed by atoms with Gasteiger partial charge in [0, 0.05) is 7.11 Å². The number of benzene rings is 7. The van der Waals surface area contributed by atoms with Gasteiger partial charge in [-0.3, -0.25) is 0 Å². The molecule has 2 aliphatic rings. The van der Waals surface area contributed by atoms with Gasteiger partial charge in [-0.05, 0) is 72.1 Å². The zero-order chi connectivity index (χ0) is 54.1. The lowest BCUT2D eigenvalue weighted by Crippen LogP contribution is -2.64. The molecule has 9 rings (SSSR count). The molecule has 10 atom stereocenters. The van der Waals surface area contributed by atoms with Crippen molar-refractivity contribution in [1.82, 2.24) is 0 Å². The van der Waals surface area contributed by atoms with E-state index in [1.165, 1.54) is 7.11 Å². The molecule has 2 saturated heterocycles. The second-order valence-corrected chi connectivity index (χ2v) is 18.6. The molecule has 0 amide bonds. The van der Waals surface area contributed by atoms with Crippen LogP contribution >= 0.6 is 0 Å². The number of aryl methyl sites for hydroxylation is 1. The minimum Gasteiger partial charge on any atom is -0.452 e. The number of hydrogen-bond donors (Lipinski definition) is 0. The van der Waals surface area contributed by atoms with E-state index in [-0.39, 0.29) is 48.7 Å². The molecule has 2 aliphatic heterocycles. The fourth-order valence-electron chi connectivity index (χ4n) is 9.04. The maximum atomic E-state index is 14.4. The van der Waals surface area contributed by atoms with Crippen molar-refractivity contribution in [3.05, 3.63) is 251 Å². The summed E-state index contributed by atoms with van der Waals surface area (Å²) in [4.78, 5) is 56.7. The van der Waals surface area contributed by atoms with Crippen LogP contribution in [0.5, 0.6) is 0 Å². The predicted molar refractivity (Wildman–Crippen MR) is 284 cm³/mol. The van der Waals surface area contributed by atoms with Gasteiger partial charge in [0.2, 0.25) is 0 Å². The first-order chi connectivity index (χ1) is 38.2. The van der Waals surface area contributed by atoms with Crippen molar-refractivity contribution in [1.29, 1.82) is 0 Å². The number of ether oxygens (including phenoxy) is 11. The standard InChI is InChI=1S/C63H60O15/c1-42-33-35-49(36-34-42)61(67)77-56-54(71-39-45-25-13-5-14-26-45)52(70-38-44-23-11-4-12-24-44)50(40-69-37-43-21-9-3-10-22-43)74-63(56)72-41-51-53(75-58(64)46-27-15-6-16-28-46)55(76-59(65)47-29-17-7-18-30-47)57(62(68-2)73-51)78-60(66)48-31-19-8-20-32-48/h3-36,50-57,62-63H,37-41H2,1-2H3/t50-,51-,52-,53-,54+,55+,56-,57-,62+,63-/m1/s1. The lowest BCUT2D eigenvalue weighted by molar-refractivity contribution is -0.335. The van der Waals surface area contributed by atoms with Gasteiger partial charge in [-0.1, -0.05) is 163 Å². The minimum atomic E-state index is -1.58. The minimum absolute atomic E-state index is 0.0347. The van der Waals surface area contributed by atoms with Crippen LogP contribution in [0, 0.1) is 6.92 Å². The normalized spacial score (nSPS) is 22.8. The van der Waals surface area contributed by atoms with Gasteiger partial charge in [0.1, 0.15) is 24.4 Å². The van der Waals surface area contributed by atoms with Crippen molar-refractivity contribution in [3.8, 4) is 0 Å². The van der Waals surface area contributed by atoms with Crippen molar-refractivity contribution in [2.24, 2.45) is 0 Å². The van der Waals surface area contributed by atoms with E-state index in [1.54, 1.807) is 115 Å². The van der Waals surface area contributed by atoms with Gasteiger partial charge in [0.15, 0.2) is 37.0 Å². The molecule has 2 heterocycles. The molecule has 0 N–H and O–H groups in total. The van der Waals surface area contributed by atoms with Crippen LogP contribution in [0.2, 0.25) is 0 Å². The van der Waals surface area contributed by atoms with Gasteiger partial charge >= 0.3 is 23.9 Å². The Morgan fingerprint density at radius 3 is 1.18 bits per heavy atom. The Labute approximate surface area is 452 Å². The highest BCUT2D eigenvalue weighted by Gasteiger charge is 2.55. The molecule has 0 unspecified atom stereocenters. The van der Waals surface area contributed by atoms with E-state index in [9.17, 15) is 19.2 Å². The summed E-state index contributed by atoms with van der Waals surface area (Å²) >= 11 is 0. The Balaban J connectivity index is 1.10. The molecule has 0 spiro atoms. The number of methoxy groups -OCH3 is 1. The van der Waals surface area contributed by atoms with Gasteiger partial charge in [-0.2, -0.15) is 0 Å². The Kier molecular flexibility index (Phi) is 19.3. The van der Waals surface area contributed by atoms with Gasteiger partial charge in [0.25, 0.3) is 0 Å². The fourth-order valence-corrected chi connectivity index (χ4v) is 9.04. The maximum Gasteiger partial charge on any atom is 0.338 e. The predicted octanol–water partition coefficient (Wildman–Crippen LogP) is 9.70. The van der Waals surface area contributed by atoms with E-state index in [1.807, 2.05) is 97.9 Å². The number of carbonyl (C=O) groups excluding carboxylic acids is 4. The summed E-state index contributed by atoms with van der Waals surface area (Å²) in [5, 5.41) is 0. The fraction of sp³-hybridized carbons (Fsp3) is 0.270. The second kappa shape index (κ2) is 27.5. The van der Waals surface area contributed by atoms with Gasteiger partial charge in [-0.25, -0.2) is 19.2 Å². The van der Waals surface area contributed by atoms with Crippen molar-refractivity contribution in [2.45, 2.75) is 88.2 Å². The quantitative estimate of drug-likeness (QED) is 0.0464. The molecule has 7 aromatic rings. The van der Waals surface area contributed by atoms with E-state index in [0.29, 0.717) is 0 Å². The van der Waals surface area contributed by atoms with E-state index in [0.717, 1.165) is 22.3 Å². The molecule has 15 nitrogen and oxygen atoms in total. The van der Waals surface area contributed by atoms with Crippen LogP contribution < -0.4 is 0 Å². The van der Waals surface area contributed by atoms with Crippen LogP contribution in [-0.2, 0) is 71.9 Å². The van der Waals surface area contributed by atoms with Crippen molar-refractivity contribution >= 4 is 23.9 Å². The van der Waals surface area contributed by atoms with E-state index in [2.05, 4.69) is 0 Å². The highest BCUT2D eigenvalue weighted by molar-refractivity contribution is 5.91. The highest BCUT2D eigenvalue weighted by atomic mass is 16.8. The molecule has 0 aliphatic carbocycles. The average molecular weight is 1060 g/mol. The number of esters is 4. The first kappa shape index (κ1) is 54.9. The Morgan fingerprint density at radius 1 is 0.359 bits per heavy atom. The number of hydrogen-bond acceptors (Lipinski definition) is 15. The Bertz CT molecular complexity index is 2970. The monoisotopic (exact) mass is 1060 g/mol. The van der Waals surface area contributed by atoms with Crippen molar-refractivity contribution in [3.63, 3.8) is 0 Å². The average Bonchev–Trinajstić information content (AvgIpc) is 3.56. The van der Waals surface area contributed by atoms with Gasteiger partial charge in [0.05, 0.1) is 55.3 Å². The topological polar surface area (TPSA) is 170 Å². The Morgan fingerprint density at radius 2 is 0.718 bits per heavy atom. The first-order valence-corrected chi connectivity index (χ1v) is 25.6. The summed E-state index contributed by atoms with van der Waals surface area (Å²) in [7, 11) is 1.33. The molecule has 15 heteroatoms. The Hall–Kier alpha value is -7.86. The number of carbonyl (C=O) groups is 4. The summed E-state index contributed by atoms with van der Waals surface area (Å²) < 4.78 is 71.3. The smallest absolute Gasteiger partial charge is 0.338 e. The van der Waals surface area contributed by atoms with Crippen molar-refractivity contribution < 1.29 is 71.3 Å². The summed E-state index contributed by atoms with van der Waals surface area (Å²) in [6.45, 7) is 1.79. The highest BCUT2D eigenvalue weighted by Crippen LogP contribution is 2.35. The molecular formula is C63H60O15. The summed E-state index contributed by atoms with van der Waals surface area (Å²) in [6, 6.07) is 60.2. The third-order valence-corrected chi connectivity index (χ3v) is 13.1. The van der Waals surface area contributed by atoms with E-state index >= 15 is 0 Å². The number of rotatable bonds is 22. The molecule has 0 bridgehead atoms. The zero-order valence-corrected chi connectivity index (χ0v) is 43.1. The molecule has 0 radical (unpaired) electrons. The third-order valence-electron chi connectivity index (χ3n) is 13.1. The maximum absolute atomic E-state index is 14.4. The van der Waals surface area contributed by atoms with Crippen LogP contribution in [0.3, 0.4) is 0 Å². The molecule has 0 aromatic heterocycles. The largest absolute Gasteiger partial charge is 0.452 e. The van der Waals surface area contributed by atoms with Crippen LogP contribution in [-0.4, -0.2) is 106 Å². The van der Waals surface area contributed by atoms with Crippen molar-refractivity contribution in [2.75, 3.05) is 20.3 Å². The van der Waals surface area contributed by atoms with Crippen LogP contribution in [0.15, 0.2) is 206 Å². The molecule has 0 saturated carbocycles. The van der Waals surface area contributed by atoms with Gasteiger partial charge in [-0.15, -0.1) is 0 Å². The van der Waals surface area contributed by atoms with Crippen LogP contribution in [0.1, 0.15) is 63.7 Å². The third kappa shape index (κ3) is 14.6. The summed E-state index contributed by atoms with van der Waals surface area (Å²) in [5.74, 6) is -3.14. The SMILES string of the molecule is CO[C@H]1O[C@H](CO[C@@H]2O[C@H](COCc3ccccc3)[C@@H](OCc3ccccc3)[C@H](OCc3ccccc3)[C@H]2OC(=O)c2ccc(C)cc2)[C@@H](OC(=O)c2ccccc2)[C@H](OC(=O)c2ccccc2)[C@H]1OC(=O)c1ccccc1. The molecule has 402 valence electrons. The molecular weight excluding hydrogens is 997 g/mol. The second-order valence-electron chi connectivity index (χ2n) is 18.6. The molecule has 78 heavy (non-hydrogen) atoms. The van der Waals surface area contributed by atoms with Crippen LogP contribution in [0.25, 0.3) is 0 Å². The van der Waals surface area contributed by atoms with E-state index in [4.69, 9.17) is 52.1 Å². The molecule has 2 fully saturated rings. The summed E-state index contributed by atoms with van der Waals surface area (Å²) in [6.07, 6.45) is -13.2. The van der Waals surface area contributed by atoms with Gasteiger partial charge < -0.3 is 52.1 Å². The van der Waals surface area contributed by atoms with E-state index < -0.39 is 91.9 Å². The first-order valence-electron chi connectivity index (χ1n) is 25.6. The lowest BCUT2D eigenvalue weighted by atomic mass is 9.96. The molecule has 7 aromatic carbocycles. The zero-order valence-electron chi connectivity index (χ0n) is 43.1. The van der Waals surface area contributed by atoms with Crippen LogP contribution in [0.4, 0.5) is 0 Å².